The molecule has 1 aliphatic carbocycles. The van der Waals surface area contributed by atoms with Gasteiger partial charge < -0.3 is 5.32 Å². The summed E-state index contributed by atoms with van der Waals surface area (Å²) in [5.41, 5.74) is 2.21. The van der Waals surface area contributed by atoms with E-state index in [1.165, 1.54) is 17.7 Å². The van der Waals surface area contributed by atoms with Gasteiger partial charge in [-0.2, -0.15) is 0 Å². The molecule has 110 valence electrons. The van der Waals surface area contributed by atoms with Crippen molar-refractivity contribution in [2.75, 3.05) is 7.05 Å². The van der Waals surface area contributed by atoms with Crippen LogP contribution in [-0.4, -0.2) is 13.1 Å². The Bertz CT molecular complexity index is 612. The average Bonchev–Trinajstić information content (AvgIpc) is 3.30. The van der Waals surface area contributed by atoms with Crippen molar-refractivity contribution in [2.24, 2.45) is 5.92 Å². The first-order valence-electron chi connectivity index (χ1n) is 7.35. The molecule has 0 saturated heterocycles. The van der Waals surface area contributed by atoms with Gasteiger partial charge in [0, 0.05) is 6.04 Å². The fraction of sp³-hybridized carbons (Fsp3) is 0.333. The lowest BCUT2D eigenvalue weighted by Gasteiger charge is -2.16. The molecule has 2 aromatic carbocycles. The van der Waals surface area contributed by atoms with Crippen LogP contribution in [0, 0.1) is 17.6 Å². The summed E-state index contributed by atoms with van der Waals surface area (Å²) in [6, 6.07) is 15.0. The van der Waals surface area contributed by atoms with Crippen molar-refractivity contribution in [1.29, 1.82) is 0 Å². The number of benzene rings is 2. The van der Waals surface area contributed by atoms with Gasteiger partial charge in [-0.15, -0.1) is 0 Å². The van der Waals surface area contributed by atoms with Crippen LogP contribution in [0.4, 0.5) is 8.78 Å². The zero-order valence-electron chi connectivity index (χ0n) is 12.0. The molecule has 0 heterocycles. The van der Waals surface area contributed by atoms with Crippen molar-refractivity contribution in [2.45, 2.75) is 24.8 Å². The van der Waals surface area contributed by atoms with Gasteiger partial charge in [-0.1, -0.05) is 36.4 Å². The zero-order chi connectivity index (χ0) is 14.8. The summed E-state index contributed by atoms with van der Waals surface area (Å²) in [4.78, 5) is 0. The molecule has 2 aromatic rings. The van der Waals surface area contributed by atoms with E-state index in [0.717, 1.165) is 18.4 Å². The zero-order valence-corrected chi connectivity index (χ0v) is 12.0. The molecule has 1 nitrogen and oxygen atoms in total. The quantitative estimate of drug-likeness (QED) is 0.879. The van der Waals surface area contributed by atoms with Crippen molar-refractivity contribution in [3.8, 4) is 0 Å². The van der Waals surface area contributed by atoms with Crippen LogP contribution in [0.5, 0.6) is 0 Å². The summed E-state index contributed by atoms with van der Waals surface area (Å²) >= 11 is 0. The minimum atomic E-state index is -0.784. The first-order chi connectivity index (χ1) is 10.2. The molecule has 3 rings (SSSR count). The molecular formula is C18H19F2N. The number of hydrogen-bond donors (Lipinski definition) is 1. The molecule has 0 aliphatic heterocycles. The normalized spacial score (nSPS) is 22.0. The third kappa shape index (κ3) is 3.13. The molecule has 0 aromatic heterocycles. The molecule has 3 atom stereocenters. The smallest absolute Gasteiger partial charge is 0.159 e. The van der Waals surface area contributed by atoms with Crippen LogP contribution in [0.1, 0.15) is 23.5 Å². The highest BCUT2D eigenvalue weighted by molar-refractivity contribution is 5.28. The molecule has 0 spiro atoms. The van der Waals surface area contributed by atoms with Gasteiger partial charge in [0.25, 0.3) is 0 Å². The highest BCUT2D eigenvalue weighted by Gasteiger charge is 2.43. The van der Waals surface area contributed by atoms with Crippen LogP contribution in [-0.2, 0) is 6.42 Å². The highest BCUT2D eigenvalue weighted by atomic mass is 19.2. The summed E-state index contributed by atoms with van der Waals surface area (Å²) in [6.07, 6.45) is 1.88. The molecule has 3 heteroatoms. The first-order valence-corrected chi connectivity index (χ1v) is 7.35. The molecule has 0 amide bonds. The maximum Gasteiger partial charge on any atom is 0.159 e. The summed E-state index contributed by atoms with van der Waals surface area (Å²) in [6.45, 7) is 0. The van der Waals surface area contributed by atoms with E-state index >= 15 is 0 Å². The molecule has 1 aliphatic rings. The monoisotopic (exact) mass is 287 g/mol. The van der Waals surface area contributed by atoms with Crippen LogP contribution >= 0.6 is 0 Å². The van der Waals surface area contributed by atoms with Gasteiger partial charge in [0.1, 0.15) is 0 Å². The number of hydrogen-bond acceptors (Lipinski definition) is 1. The van der Waals surface area contributed by atoms with E-state index in [2.05, 4.69) is 29.6 Å². The van der Waals surface area contributed by atoms with Gasteiger partial charge in [0.05, 0.1) is 0 Å². The van der Waals surface area contributed by atoms with E-state index in [-0.39, 0.29) is 0 Å². The van der Waals surface area contributed by atoms with E-state index in [1.54, 1.807) is 6.07 Å². The largest absolute Gasteiger partial charge is 0.316 e. The Morgan fingerprint density at radius 1 is 1.10 bits per heavy atom. The van der Waals surface area contributed by atoms with Crippen LogP contribution in [0.2, 0.25) is 0 Å². The van der Waals surface area contributed by atoms with Gasteiger partial charge in [-0.25, -0.2) is 8.78 Å². The second-order valence-electron chi connectivity index (χ2n) is 5.76. The minimum Gasteiger partial charge on any atom is -0.316 e. The lowest BCUT2D eigenvalue weighted by atomic mass is 9.99. The third-order valence-electron chi connectivity index (χ3n) is 4.39. The molecule has 1 saturated carbocycles. The second kappa shape index (κ2) is 5.94. The maximum atomic E-state index is 13.3. The molecule has 3 unspecified atom stereocenters. The highest BCUT2D eigenvalue weighted by Crippen LogP contribution is 2.49. The van der Waals surface area contributed by atoms with Crippen molar-refractivity contribution < 1.29 is 8.78 Å². The van der Waals surface area contributed by atoms with Gasteiger partial charge in [0.15, 0.2) is 11.6 Å². The van der Waals surface area contributed by atoms with Gasteiger partial charge >= 0.3 is 0 Å². The Morgan fingerprint density at radius 2 is 1.86 bits per heavy atom. The van der Waals surface area contributed by atoms with Crippen molar-refractivity contribution in [1.82, 2.24) is 5.32 Å². The maximum absolute atomic E-state index is 13.3. The Hall–Kier alpha value is -1.74. The van der Waals surface area contributed by atoms with E-state index in [9.17, 15) is 8.78 Å². The minimum absolute atomic E-state index is 0.292. The van der Waals surface area contributed by atoms with Crippen molar-refractivity contribution in [3.05, 3.63) is 71.3 Å². The summed E-state index contributed by atoms with van der Waals surface area (Å²) in [5, 5.41) is 3.33. The van der Waals surface area contributed by atoms with E-state index in [0.29, 0.717) is 17.9 Å². The Labute approximate surface area is 124 Å². The van der Waals surface area contributed by atoms with Gasteiger partial charge in [-0.05, 0) is 55.0 Å². The average molecular weight is 287 g/mol. The van der Waals surface area contributed by atoms with Crippen LogP contribution in [0.25, 0.3) is 0 Å². The summed E-state index contributed by atoms with van der Waals surface area (Å²) in [5.74, 6) is -0.412. The first kappa shape index (κ1) is 14.2. The van der Waals surface area contributed by atoms with Crippen LogP contribution in [0.15, 0.2) is 48.5 Å². The summed E-state index contributed by atoms with van der Waals surface area (Å²) in [7, 11) is 1.94. The Kier molecular flexibility index (Phi) is 4.02. The summed E-state index contributed by atoms with van der Waals surface area (Å²) < 4.78 is 26.3. The lowest BCUT2D eigenvalue weighted by Crippen LogP contribution is -2.30. The molecule has 0 bridgehead atoms. The third-order valence-corrected chi connectivity index (χ3v) is 4.39. The Morgan fingerprint density at radius 3 is 2.52 bits per heavy atom. The van der Waals surface area contributed by atoms with Crippen LogP contribution in [0.3, 0.4) is 0 Å². The fourth-order valence-electron chi connectivity index (χ4n) is 3.13. The van der Waals surface area contributed by atoms with Crippen molar-refractivity contribution in [3.63, 3.8) is 0 Å². The Balaban J connectivity index is 1.68. The van der Waals surface area contributed by atoms with Crippen molar-refractivity contribution >= 4 is 0 Å². The molecular weight excluding hydrogens is 268 g/mol. The molecule has 0 radical (unpaired) electrons. The molecule has 1 N–H and O–H groups in total. The van der Waals surface area contributed by atoms with E-state index < -0.39 is 11.6 Å². The predicted octanol–water partition coefficient (Wildman–Crippen LogP) is 3.90. The number of nitrogens with one attached hydrogen (secondary N) is 1. The van der Waals surface area contributed by atoms with E-state index in [1.807, 2.05) is 13.1 Å². The number of halogens is 2. The fourth-order valence-corrected chi connectivity index (χ4v) is 3.13. The topological polar surface area (TPSA) is 12.0 Å². The standard InChI is InChI=1S/C18H19F2N/c1-21-18(10-12-7-8-16(19)17(20)9-12)15-11-14(15)13-5-3-2-4-6-13/h2-9,14-15,18,21H,10-11H2,1H3. The second-order valence-corrected chi connectivity index (χ2v) is 5.76. The van der Waals surface area contributed by atoms with Gasteiger partial charge in [-0.3, -0.25) is 0 Å². The van der Waals surface area contributed by atoms with Gasteiger partial charge in [0.2, 0.25) is 0 Å². The molecule has 1 fully saturated rings. The number of likely N-dealkylation sites (N-methyl/N-ethyl adjacent to an activating group) is 1. The SMILES string of the molecule is CNC(Cc1ccc(F)c(F)c1)C1CC1c1ccccc1. The predicted molar refractivity (Wildman–Crippen MR) is 80.2 cm³/mol. The van der Waals surface area contributed by atoms with E-state index in [4.69, 9.17) is 0 Å². The lowest BCUT2D eigenvalue weighted by molar-refractivity contribution is 0.482. The number of rotatable bonds is 5. The molecule has 21 heavy (non-hydrogen) atoms. The van der Waals surface area contributed by atoms with Crippen LogP contribution < -0.4 is 5.32 Å².